The lowest BCUT2D eigenvalue weighted by molar-refractivity contribution is -0.137. The summed E-state index contributed by atoms with van der Waals surface area (Å²) in [5.41, 5.74) is 2.43. The Labute approximate surface area is 94.9 Å². The predicted octanol–water partition coefficient (Wildman–Crippen LogP) is 3.45. The van der Waals surface area contributed by atoms with Crippen molar-refractivity contribution in [1.82, 2.24) is 0 Å². The molecule has 2 nitrogen and oxygen atoms in total. The first-order chi connectivity index (χ1) is 7.09. The van der Waals surface area contributed by atoms with Crippen LogP contribution in [-0.4, -0.2) is 11.1 Å². The normalized spacial score (nSPS) is 10.3. The third kappa shape index (κ3) is 4.34. The third-order valence-corrected chi connectivity index (χ3v) is 2.63. The molecule has 1 aromatic rings. The zero-order chi connectivity index (χ0) is 11.3. The maximum atomic E-state index is 10.3. The molecule has 0 saturated carbocycles. The van der Waals surface area contributed by atoms with Gasteiger partial charge in [0.05, 0.1) is 0 Å². The second-order valence-electron chi connectivity index (χ2n) is 3.67. The first kappa shape index (κ1) is 12.1. The monoisotopic (exact) mass is 226 g/mol. The van der Waals surface area contributed by atoms with Crippen LogP contribution in [-0.2, 0) is 11.2 Å². The van der Waals surface area contributed by atoms with E-state index in [-0.39, 0.29) is 6.42 Å². The van der Waals surface area contributed by atoms with Crippen LogP contribution in [0.1, 0.15) is 30.4 Å². The number of benzene rings is 1. The molecular formula is C12H15ClO2. The van der Waals surface area contributed by atoms with Gasteiger partial charge in [-0.2, -0.15) is 0 Å². The van der Waals surface area contributed by atoms with E-state index in [1.54, 1.807) is 0 Å². The molecule has 0 radical (unpaired) electrons. The summed E-state index contributed by atoms with van der Waals surface area (Å²) >= 11 is 5.89. The smallest absolute Gasteiger partial charge is 0.303 e. The zero-order valence-corrected chi connectivity index (χ0v) is 9.55. The minimum absolute atomic E-state index is 0.250. The molecule has 0 aliphatic carbocycles. The highest BCUT2D eigenvalue weighted by Gasteiger charge is 2.01. The molecule has 0 heterocycles. The van der Waals surface area contributed by atoms with Crippen LogP contribution in [0.2, 0.25) is 5.02 Å². The molecule has 0 aromatic heterocycles. The molecule has 0 saturated heterocycles. The lowest BCUT2D eigenvalue weighted by Gasteiger charge is -2.05. The van der Waals surface area contributed by atoms with Gasteiger partial charge in [0.15, 0.2) is 0 Å². The molecular weight excluding hydrogens is 212 g/mol. The minimum Gasteiger partial charge on any atom is -0.481 e. The van der Waals surface area contributed by atoms with E-state index < -0.39 is 5.97 Å². The average molecular weight is 227 g/mol. The van der Waals surface area contributed by atoms with Gasteiger partial charge in [0.1, 0.15) is 0 Å². The number of halogens is 1. The average Bonchev–Trinajstić information content (AvgIpc) is 2.17. The SMILES string of the molecule is Cc1ccc(Cl)cc1CCCCC(=O)O. The van der Waals surface area contributed by atoms with Gasteiger partial charge in [0.2, 0.25) is 0 Å². The number of aliphatic carboxylic acids is 1. The Bertz CT molecular complexity index is 347. The Morgan fingerprint density at radius 2 is 2.13 bits per heavy atom. The minimum atomic E-state index is -0.724. The second kappa shape index (κ2) is 5.76. The van der Waals surface area contributed by atoms with Crippen molar-refractivity contribution in [3.63, 3.8) is 0 Å². The Balaban J connectivity index is 2.43. The summed E-state index contributed by atoms with van der Waals surface area (Å²) in [6.07, 6.45) is 2.77. The molecule has 0 aliphatic heterocycles. The second-order valence-corrected chi connectivity index (χ2v) is 4.11. The van der Waals surface area contributed by atoms with Crippen molar-refractivity contribution < 1.29 is 9.90 Å². The molecule has 0 fully saturated rings. The van der Waals surface area contributed by atoms with Gasteiger partial charge in [-0.3, -0.25) is 4.79 Å². The van der Waals surface area contributed by atoms with Crippen molar-refractivity contribution in [2.75, 3.05) is 0 Å². The number of hydrogen-bond acceptors (Lipinski definition) is 1. The number of carboxylic acid groups (broad SMARTS) is 1. The lowest BCUT2D eigenvalue weighted by atomic mass is 10.0. The van der Waals surface area contributed by atoms with Crippen molar-refractivity contribution in [3.05, 3.63) is 34.3 Å². The van der Waals surface area contributed by atoms with Crippen LogP contribution in [0.4, 0.5) is 0 Å². The van der Waals surface area contributed by atoms with E-state index in [1.807, 2.05) is 25.1 Å². The quantitative estimate of drug-likeness (QED) is 0.781. The summed E-state index contributed by atoms with van der Waals surface area (Å²) in [5.74, 6) is -0.724. The van der Waals surface area contributed by atoms with E-state index in [0.717, 1.165) is 24.3 Å². The molecule has 3 heteroatoms. The molecule has 1 aromatic carbocycles. The zero-order valence-electron chi connectivity index (χ0n) is 8.79. The summed E-state index contributed by atoms with van der Waals surface area (Å²) in [6.45, 7) is 2.04. The van der Waals surface area contributed by atoms with Crippen LogP contribution >= 0.6 is 11.6 Å². The maximum Gasteiger partial charge on any atom is 0.303 e. The van der Waals surface area contributed by atoms with E-state index in [9.17, 15) is 4.79 Å². The van der Waals surface area contributed by atoms with Gasteiger partial charge in [-0.15, -0.1) is 0 Å². The van der Waals surface area contributed by atoms with Crippen molar-refractivity contribution in [2.45, 2.75) is 32.6 Å². The first-order valence-electron chi connectivity index (χ1n) is 5.06. The molecule has 1 N–H and O–H groups in total. The van der Waals surface area contributed by atoms with Gasteiger partial charge < -0.3 is 5.11 Å². The Morgan fingerprint density at radius 1 is 1.40 bits per heavy atom. The Hall–Kier alpha value is -1.02. The van der Waals surface area contributed by atoms with Gasteiger partial charge in [-0.05, 0) is 49.4 Å². The summed E-state index contributed by atoms with van der Waals surface area (Å²) < 4.78 is 0. The molecule has 0 bridgehead atoms. The summed E-state index contributed by atoms with van der Waals surface area (Å²) in [4.78, 5) is 10.3. The van der Waals surface area contributed by atoms with Gasteiger partial charge in [0.25, 0.3) is 0 Å². The van der Waals surface area contributed by atoms with Crippen LogP contribution in [0.5, 0.6) is 0 Å². The number of carboxylic acids is 1. The molecule has 0 spiro atoms. The topological polar surface area (TPSA) is 37.3 Å². The summed E-state index contributed by atoms with van der Waals surface area (Å²) in [7, 11) is 0. The van der Waals surface area contributed by atoms with E-state index in [1.165, 1.54) is 11.1 Å². The van der Waals surface area contributed by atoms with Gasteiger partial charge in [-0.25, -0.2) is 0 Å². The molecule has 0 atom stereocenters. The highest BCUT2D eigenvalue weighted by atomic mass is 35.5. The molecule has 82 valence electrons. The number of unbranched alkanes of at least 4 members (excludes halogenated alkanes) is 1. The highest BCUT2D eigenvalue weighted by molar-refractivity contribution is 6.30. The van der Waals surface area contributed by atoms with E-state index in [4.69, 9.17) is 16.7 Å². The van der Waals surface area contributed by atoms with Gasteiger partial charge in [0, 0.05) is 11.4 Å². The van der Waals surface area contributed by atoms with Crippen molar-refractivity contribution in [3.8, 4) is 0 Å². The summed E-state index contributed by atoms with van der Waals surface area (Å²) in [5, 5.41) is 9.23. The van der Waals surface area contributed by atoms with Crippen LogP contribution < -0.4 is 0 Å². The van der Waals surface area contributed by atoms with Crippen LogP contribution in [0.3, 0.4) is 0 Å². The maximum absolute atomic E-state index is 10.3. The number of carbonyl (C=O) groups is 1. The standard InChI is InChI=1S/C12H15ClO2/c1-9-6-7-11(13)8-10(9)4-2-3-5-12(14)15/h6-8H,2-5H2,1H3,(H,14,15). The van der Waals surface area contributed by atoms with Crippen LogP contribution in [0, 0.1) is 6.92 Å². The summed E-state index contributed by atoms with van der Waals surface area (Å²) in [6, 6.07) is 5.82. The predicted molar refractivity (Wildman–Crippen MR) is 61.4 cm³/mol. The number of hydrogen-bond donors (Lipinski definition) is 1. The molecule has 15 heavy (non-hydrogen) atoms. The van der Waals surface area contributed by atoms with Crippen LogP contribution in [0.25, 0.3) is 0 Å². The largest absolute Gasteiger partial charge is 0.481 e. The Morgan fingerprint density at radius 3 is 2.80 bits per heavy atom. The Kier molecular flexibility index (Phi) is 4.63. The molecule has 0 amide bonds. The van der Waals surface area contributed by atoms with E-state index in [2.05, 4.69) is 0 Å². The highest BCUT2D eigenvalue weighted by Crippen LogP contribution is 2.17. The number of rotatable bonds is 5. The molecule has 0 unspecified atom stereocenters. The fourth-order valence-corrected chi connectivity index (χ4v) is 1.70. The van der Waals surface area contributed by atoms with E-state index in [0.29, 0.717) is 0 Å². The van der Waals surface area contributed by atoms with Crippen molar-refractivity contribution in [2.24, 2.45) is 0 Å². The van der Waals surface area contributed by atoms with Gasteiger partial charge >= 0.3 is 5.97 Å². The van der Waals surface area contributed by atoms with Crippen molar-refractivity contribution in [1.29, 1.82) is 0 Å². The fourth-order valence-electron chi connectivity index (χ4n) is 1.50. The van der Waals surface area contributed by atoms with Gasteiger partial charge in [-0.1, -0.05) is 17.7 Å². The first-order valence-corrected chi connectivity index (χ1v) is 5.44. The lowest BCUT2D eigenvalue weighted by Crippen LogP contribution is -1.95. The number of aryl methyl sites for hydroxylation is 2. The molecule has 1 rings (SSSR count). The van der Waals surface area contributed by atoms with Crippen LogP contribution in [0.15, 0.2) is 18.2 Å². The molecule has 0 aliphatic rings. The van der Waals surface area contributed by atoms with Crippen molar-refractivity contribution >= 4 is 17.6 Å². The third-order valence-electron chi connectivity index (χ3n) is 2.40. The van der Waals surface area contributed by atoms with E-state index >= 15 is 0 Å². The fraction of sp³-hybridized carbons (Fsp3) is 0.417.